The maximum Gasteiger partial charge on any atom is 0.250 e. The summed E-state index contributed by atoms with van der Waals surface area (Å²) in [7, 11) is 0. The number of nitrogens with one attached hydrogen (secondary N) is 1. The summed E-state index contributed by atoms with van der Waals surface area (Å²) < 4.78 is 0. The second-order valence-corrected chi connectivity index (χ2v) is 9.07. The number of hydrogen-bond acceptors (Lipinski definition) is 4. The molecular weight excluding hydrogens is 425 g/mol. The quantitative estimate of drug-likeness (QED) is 0.688. The average molecular weight is 442 g/mol. The Hall–Kier alpha value is -2.41. The Morgan fingerprint density at radius 3 is 2.53 bits per heavy atom. The van der Waals surface area contributed by atoms with Crippen LogP contribution < -0.4 is 10.2 Å². The monoisotopic (exact) mass is 441 g/mol. The van der Waals surface area contributed by atoms with Gasteiger partial charge in [0, 0.05) is 11.6 Å². The number of hydrogen-bond donors (Lipinski definition) is 1. The molecule has 4 aliphatic heterocycles. The molecule has 0 radical (unpaired) electrons. The molecule has 6 rings (SSSR count). The molecule has 0 saturated carbocycles. The fraction of sp³-hybridized carbons (Fsp3) is 0.318. The van der Waals surface area contributed by atoms with Gasteiger partial charge in [0.15, 0.2) is 0 Å². The number of rotatable bonds is 1. The molecule has 0 bridgehead atoms. The number of benzene rings is 2. The highest BCUT2D eigenvalue weighted by atomic mass is 35.5. The van der Waals surface area contributed by atoms with Gasteiger partial charge in [-0.3, -0.25) is 19.3 Å². The first-order valence-electron chi connectivity index (χ1n) is 9.97. The van der Waals surface area contributed by atoms with Crippen molar-refractivity contribution in [2.75, 3.05) is 16.8 Å². The minimum absolute atomic E-state index is 0.172. The summed E-state index contributed by atoms with van der Waals surface area (Å²) in [5.74, 6) is -2.35. The first-order valence-corrected chi connectivity index (χ1v) is 10.7. The van der Waals surface area contributed by atoms with Crippen LogP contribution in [0.15, 0.2) is 42.5 Å². The number of carbonyl (C=O) groups is 3. The second kappa shape index (κ2) is 6.06. The topological polar surface area (TPSA) is 69.7 Å². The molecule has 4 atom stereocenters. The van der Waals surface area contributed by atoms with E-state index in [-0.39, 0.29) is 23.8 Å². The third-order valence-electron chi connectivity index (χ3n) is 7.07. The predicted molar refractivity (Wildman–Crippen MR) is 112 cm³/mol. The van der Waals surface area contributed by atoms with Crippen LogP contribution in [-0.4, -0.2) is 35.2 Å². The Morgan fingerprint density at radius 1 is 0.967 bits per heavy atom. The average Bonchev–Trinajstić information content (AvgIpc) is 3.42. The van der Waals surface area contributed by atoms with Gasteiger partial charge in [0.05, 0.1) is 33.3 Å². The molecule has 4 heterocycles. The van der Waals surface area contributed by atoms with Crippen LogP contribution in [-0.2, 0) is 19.9 Å². The van der Waals surface area contributed by atoms with Gasteiger partial charge in [-0.2, -0.15) is 0 Å². The molecule has 0 unspecified atom stereocenters. The summed E-state index contributed by atoms with van der Waals surface area (Å²) in [5, 5.41) is 3.66. The molecule has 30 heavy (non-hydrogen) atoms. The fourth-order valence-electron chi connectivity index (χ4n) is 6.06. The Morgan fingerprint density at radius 2 is 1.73 bits per heavy atom. The van der Waals surface area contributed by atoms with Crippen LogP contribution in [0.2, 0.25) is 10.0 Å². The highest BCUT2D eigenvalue weighted by Crippen LogP contribution is 2.61. The molecule has 152 valence electrons. The lowest BCUT2D eigenvalue weighted by atomic mass is 9.75. The van der Waals surface area contributed by atoms with Crippen molar-refractivity contribution in [1.29, 1.82) is 0 Å². The maximum absolute atomic E-state index is 13.8. The van der Waals surface area contributed by atoms with E-state index in [1.165, 1.54) is 4.90 Å². The van der Waals surface area contributed by atoms with Crippen LogP contribution in [0.3, 0.4) is 0 Å². The first-order chi connectivity index (χ1) is 14.5. The van der Waals surface area contributed by atoms with Crippen LogP contribution in [0.25, 0.3) is 0 Å². The normalized spacial score (nSPS) is 32.0. The summed E-state index contributed by atoms with van der Waals surface area (Å²) in [5.41, 5.74) is 0.357. The zero-order valence-corrected chi connectivity index (χ0v) is 17.3. The summed E-state index contributed by atoms with van der Waals surface area (Å²) in [4.78, 5) is 44.2. The van der Waals surface area contributed by atoms with E-state index >= 15 is 0 Å². The maximum atomic E-state index is 13.8. The van der Waals surface area contributed by atoms with Gasteiger partial charge in [-0.25, -0.2) is 4.90 Å². The molecule has 1 spiro atoms. The van der Waals surface area contributed by atoms with Crippen molar-refractivity contribution in [2.45, 2.75) is 24.4 Å². The molecule has 3 fully saturated rings. The lowest BCUT2D eigenvalue weighted by molar-refractivity contribution is -0.135. The lowest BCUT2D eigenvalue weighted by Gasteiger charge is -2.36. The Labute approximate surface area is 182 Å². The summed E-state index contributed by atoms with van der Waals surface area (Å²) >= 11 is 12.7. The molecule has 8 heteroatoms. The van der Waals surface area contributed by atoms with Gasteiger partial charge in [-0.1, -0.05) is 47.5 Å². The number of anilines is 2. The van der Waals surface area contributed by atoms with E-state index in [2.05, 4.69) is 10.2 Å². The van der Waals surface area contributed by atoms with E-state index < -0.39 is 17.4 Å². The van der Waals surface area contributed by atoms with Gasteiger partial charge in [0.2, 0.25) is 11.8 Å². The first kappa shape index (κ1) is 18.4. The third-order valence-corrected chi connectivity index (χ3v) is 7.70. The number of halogens is 2. The van der Waals surface area contributed by atoms with Gasteiger partial charge in [0.25, 0.3) is 5.91 Å². The molecule has 0 aliphatic carbocycles. The molecule has 4 aliphatic rings. The van der Waals surface area contributed by atoms with Gasteiger partial charge >= 0.3 is 0 Å². The number of fused-ring (bicyclic) bond motifs is 7. The van der Waals surface area contributed by atoms with Crippen molar-refractivity contribution in [2.24, 2.45) is 11.8 Å². The number of imide groups is 1. The second-order valence-electron chi connectivity index (χ2n) is 8.25. The molecule has 2 aromatic carbocycles. The molecule has 6 nitrogen and oxygen atoms in total. The zero-order chi connectivity index (χ0) is 20.8. The molecule has 3 saturated heterocycles. The van der Waals surface area contributed by atoms with E-state index in [0.29, 0.717) is 33.5 Å². The summed E-state index contributed by atoms with van der Waals surface area (Å²) in [6.45, 7) is 0.656. The van der Waals surface area contributed by atoms with Crippen LogP contribution in [0.4, 0.5) is 11.4 Å². The number of amides is 3. The van der Waals surface area contributed by atoms with Crippen molar-refractivity contribution in [3.63, 3.8) is 0 Å². The van der Waals surface area contributed by atoms with E-state index in [4.69, 9.17) is 23.2 Å². The molecular formula is C22H17Cl2N3O3. The SMILES string of the molecule is O=C1[C@H]2[C@@H](C(=O)N1c1ccccc1Cl)[C@]1(C(=O)Nc3c(Cl)cccc31)N1CCC[C@@H]21. The van der Waals surface area contributed by atoms with Crippen LogP contribution in [0.5, 0.6) is 0 Å². The van der Waals surface area contributed by atoms with E-state index in [0.717, 1.165) is 12.8 Å². The largest absolute Gasteiger partial charge is 0.323 e. The van der Waals surface area contributed by atoms with Crippen molar-refractivity contribution < 1.29 is 14.4 Å². The third kappa shape index (κ3) is 1.97. The number of para-hydroxylation sites is 2. The van der Waals surface area contributed by atoms with Gasteiger partial charge in [-0.05, 0) is 37.6 Å². The molecule has 0 aromatic heterocycles. The Bertz CT molecular complexity index is 1150. The van der Waals surface area contributed by atoms with Crippen LogP contribution in [0.1, 0.15) is 18.4 Å². The minimum Gasteiger partial charge on any atom is -0.323 e. The predicted octanol–water partition coefficient (Wildman–Crippen LogP) is 3.42. The fourth-order valence-corrected chi connectivity index (χ4v) is 6.51. The van der Waals surface area contributed by atoms with Crippen LogP contribution >= 0.6 is 23.2 Å². The van der Waals surface area contributed by atoms with E-state index in [1.807, 2.05) is 6.07 Å². The highest BCUT2D eigenvalue weighted by Gasteiger charge is 2.74. The highest BCUT2D eigenvalue weighted by molar-refractivity contribution is 6.37. The van der Waals surface area contributed by atoms with Crippen molar-refractivity contribution >= 4 is 52.3 Å². The van der Waals surface area contributed by atoms with Gasteiger partial charge in [-0.15, -0.1) is 0 Å². The smallest absolute Gasteiger partial charge is 0.250 e. The lowest BCUT2D eigenvalue weighted by Crippen LogP contribution is -2.54. The molecule has 3 amide bonds. The zero-order valence-electron chi connectivity index (χ0n) is 15.8. The van der Waals surface area contributed by atoms with Crippen molar-refractivity contribution in [1.82, 2.24) is 4.90 Å². The summed E-state index contributed by atoms with van der Waals surface area (Å²) in [6, 6.07) is 12.0. The van der Waals surface area contributed by atoms with Crippen molar-refractivity contribution in [3.05, 3.63) is 58.1 Å². The number of carbonyl (C=O) groups excluding carboxylic acids is 3. The molecule has 2 aromatic rings. The number of nitrogens with zero attached hydrogens (tertiary/aromatic N) is 2. The molecule has 1 N–H and O–H groups in total. The Balaban J connectivity index is 1.59. The van der Waals surface area contributed by atoms with Gasteiger partial charge in [0.1, 0.15) is 5.54 Å². The van der Waals surface area contributed by atoms with E-state index in [1.54, 1.807) is 36.4 Å². The van der Waals surface area contributed by atoms with E-state index in [9.17, 15) is 14.4 Å². The Kier molecular flexibility index (Phi) is 3.71. The van der Waals surface area contributed by atoms with Gasteiger partial charge < -0.3 is 5.32 Å². The minimum atomic E-state index is -1.23. The standard InChI is InChI=1S/C22H17Cl2N3O3/c23-12-6-1-2-8-14(12)27-19(28)16-15-9-4-10-26(15)22(17(16)20(27)29)11-5-3-7-13(24)18(11)25-21(22)30/h1-3,5-8,15-17H,4,9-10H2,(H,25,30)/t15-,16+,17-,22+/m0/s1. The van der Waals surface area contributed by atoms with Crippen LogP contribution in [0, 0.1) is 11.8 Å². The van der Waals surface area contributed by atoms with Crippen molar-refractivity contribution in [3.8, 4) is 0 Å². The summed E-state index contributed by atoms with van der Waals surface area (Å²) in [6.07, 6.45) is 1.63.